The molecule has 2 heterocycles. The molecular weight excluding hydrogens is 218 g/mol. The number of hydrazine groups is 1. The SMILES string of the molecule is Cc1ccc(=O)n(Cc2cccc(NN)n2)n1. The minimum absolute atomic E-state index is 0.150. The number of anilines is 1. The Kier molecular flexibility index (Phi) is 3.15. The molecule has 0 aliphatic carbocycles. The maximum atomic E-state index is 11.6. The quantitative estimate of drug-likeness (QED) is 0.585. The fraction of sp³-hybridized carbons (Fsp3) is 0.182. The normalized spacial score (nSPS) is 10.2. The number of nitrogens with two attached hydrogens (primary N) is 1. The molecule has 6 nitrogen and oxygen atoms in total. The summed E-state index contributed by atoms with van der Waals surface area (Å²) in [5.41, 5.74) is 3.82. The maximum absolute atomic E-state index is 11.6. The van der Waals surface area contributed by atoms with Gasteiger partial charge in [0.15, 0.2) is 0 Å². The van der Waals surface area contributed by atoms with E-state index in [9.17, 15) is 4.79 Å². The van der Waals surface area contributed by atoms with E-state index in [0.717, 1.165) is 11.4 Å². The van der Waals surface area contributed by atoms with Crippen molar-refractivity contribution >= 4 is 5.82 Å². The van der Waals surface area contributed by atoms with Gasteiger partial charge in [0.1, 0.15) is 5.82 Å². The van der Waals surface area contributed by atoms with Gasteiger partial charge < -0.3 is 5.43 Å². The zero-order valence-corrected chi connectivity index (χ0v) is 9.42. The molecule has 0 aliphatic heterocycles. The van der Waals surface area contributed by atoms with Gasteiger partial charge in [-0.05, 0) is 25.1 Å². The predicted molar refractivity (Wildman–Crippen MR) is 64.4 cm³/mol. The van der Waals surface area contributed by atoms with Crippen LogP contribution in [0.5, 0.6) is 0 Å². The van der Waals surface area contributed by atoms with Crippen molar-refractivity contribution in [2.24, 2.45) is 5.84 Å². The second-order valence-corrected chi connectivity index (χ2v) is 3.63. The number of rotatable bonds is 3. The molecule has 0 fully saturated rings. The van der Waals surface area contributed by atoms with Gasteiger partial charge in [0, 0.05) is 6.07 Å². The Morgan fingerprint density at radius 2 is 2.18 bits per heavy atom. The highest BCUT2D eigenvalue weighted by atomic mass is 16.1. The van der Waals surface area contributed by atoms with Crippen molar-refractivity contribution in [1.29, 1.82) is 0 Å². The van der Waals surface area contributed by atoms with Gasteiger partial charge in [0.05, 0.1) is 17.9 Å². The number of aromatic nitrogens is 3. The van der Waals surface area contributed by atoms with Gasteiger partial charge in [0.2, 0.25) is 0 Å². The lowest BCUT2D eigenvalue weighted by molar-refractivity contribution is 0.618. The minimum atomic E-state index is -0.150. The largest absolute Gasteiger partial charge is 0.308 e. The zero-order chi connectivity index (χ0) is 12.3. The summed E-state index contributed by atoms with van der Waals surface area (Å²) < 4.78 is 1.37. The van der Waals surface area contributed by atoms with E-state index < -0.39 is 0 Å². The van der Waals surface area contributed by atoms with Gasteiger partial charge in [-0.15, -0.1) is 0 Å². The highest BCUT2D eigenvalue weighted by Crippen LogP contribution is 2.03. The van der Waals surface area contributed by atoms with Crippen LogP contribution < -0.4 is 16.8 Å². The van der Waals surface area contributed by atoms with Crippen molar-refractivity contribution in [2.75, 3.05) is 5.43 Å². The lowest BCUT2D eigenvalue weighted by Gasteiger charge is -2.06. The van der Waals surface area contributed by atoms with Crippen LogP contribution in [0.15, 0.2) is 35.1 Å². The van der Waals surface area contributed by atoms with Crippen LogP contribution in [0.3, 0.4) is 0 Å². The number of aryl methyl sites for hydroxylation is 1. The number of nitrogens with one attached hydrogen (secondary N) is 1. The van der Waals surface area contributed by atoms with Gasteiger partial charge in [-0.25, -0.2) is 15.5 Å². The smallest absolute Gasteiger partial charge is 0.267 e. The number of nitrogens with zero attached hydrogens (tertiary/aromatic N) is 3. The van der Waals surface area contributed by atoms with Crippen molar-refractivity contribution in [3.05, 3.63) is 52.1 Å². The molecule has 0 bridgehead atoms. The molecule has 0 spiro atoms. The van der Waals surface area contributed by atoms with Gasteiger partial charge in [-0.1, -0.05) is 6.07 Å². The van der Waals surface area contributed by atoms with Crippen molar-refractivity contribution in [2.45, 2.75) is 13.5 Å². The van der Waals surface area contributed by atoms with Crippen LogP contribution in [0, 0.1) is 6.92 Å². The third kappa shape index (κ3) is 2.67. The van der Waals surface area contributed by atoms with E-state index in [2.05, 4.69) is 15.5 Å². The summed E-state index contributed by atoms with van der Waals surface area (Å²) in [6.45, 7) is 2.16. The molecule has 3 N–H and O–H groups in total. The highest BCUT2D eigenvalue weighted by Gasteiger charge is 2.01. The fourth-order valence-electron chi connectivity index (χ4n) is 1.47. The average molecular weight is 231 g/mol. The number of nitrogen functional groups attached to an aromatic ring is 1. The first-order chi connectivity index (χ1) is 8.19. The van der Waals surface area contributed by atoms with Crippen molar-refractivity contribution in [3.63, 3.8) is 0 Å². The Morgan fingerprint density at radius 1 is 1.35 bits per heavy atom. The lowest BCUT2D eigenvalue weighted by Crippen LogP contribution is -2.23. The van der Waals surface area contributed by atoms with Gasteiger partial charge in [-0.3, -0.25) is 4.79 Å². The summed E-state index contributed by atoms with van der Waals surface area (Å²) in [6.07, 6.45) is 0. The maximum Gasteiger partial charge on any atom is 0.267 e. The predicted octanol–water partition coefficient (Wildman–Crippen LogP) is 0.281. The van der Waals surface area contributed by atoms with Crippen LogP contribution in [0.2, 0.25) is 0 Å². The molecule has 2 aromatic rings. The Morgan fingerprint density at radius 3 is 2.94 bits per heavy atom. The second-order valence-electron chi connectivity index (χ2n) is 3.63. The monoisotopic (exact) mass is 231 g/mol. The molecule has 2 rings (SSSR count). The van der Waals surface area contributed by atoms with E-state index in [1.54, 1.807) is 12.1 Å². The molecule has 0 amide bonds. The van der Waals surface area contributed by atoms with Crippen molar-refractivity contribution in [1.82, 2.24) is 14.8 Å². The third-order valence-corrected chi connectivity index (χ3v) is 2.27. The summed E-state index contributed by atoms with van der Waals surface area (Å²) in [5.74, 6) is 5.83. The van der Waals surface area contributed by atoms with Crippen molar-refractivity contribution < 1.29 is 0 Å². The van der Waals surface area contributed by atoms with Crippen LogP contribution in [0.4, 0.5) is 5.82 Å². The van der Waals surface area contributed by atoms with Crippen LogP contribution in [0.25, 0.3) is 0 Å². The summed E-state index contributed by atoms with van der Waals surface area (Å²) in [4.78, 5) is 15.8. The highest BCUT2D eigenvalue weighted by molar-refractivity contribution is 5.33. The van der Waals surface area contributed by atoms with Crippen molar-refractivity contribution in [3.8, 4) is 0 Å². The molecule has 0 atom stereocenters. The summed E-state index contributed by atoms with van der Waals surface area (Å²) in [5, 5.41) is 4.14. The van der Waals surface area contributed by atoms with Crippen LogP contribution in [-0.4, -0.2) is 14.8 Å². The first-order valence-corrected chi connectivity index (χ1v) is 5.16. The third-order valence-electron chi connectivity index (χ3n) is 2.27. The summed E-state index contributed by atoms with van der Waals surface area (Å²) in [6, 6.07) is 8.56. The molecule has 0 saturated carbocycles. The standard InChI is InChI=1S/C11H13N5O/c1-8-5-6-11(17)16(15-8)7-9-3-2-4-10(13-9)14-12/h2-6H,7,12H2,1H3,(H,13,14). The number of hydrogen-bond acceptors (Lipinski definition) is 5. The molecule has 17 heavy (non-hydrogen) atoms. The molecule has 6 heteroatoms. The Bertz CT molecular complexity index is 578. The molecule has 0 saturated heterocycles. The van der Waals surface area contributed by atoms with Gasteiger partial charge >= 0.3 is 0 Å². The Labute approximate surface area is 98.1 Å². The molecule has 2 aromatic heterocycles. The van der Waals surface area contributed by atoms with Gasteiger partial charge in [0.25, 0.3) is 5.56 Å². The van der Waals surface area contributed by atoms with E-state index >= 15 is 0 Å². The average Bonchev–Trinajstić information content (AvgIpc) is 2.34. The summed E-state index contributed by atoms with van der Waals surface area (Å²) >= 11 is 0. The topological polar surface area (TPSA) is 85.8 Å². The molecule has 0 radical (unpaired) electrons. The molecule has 0 aromatic carbocycles. The summed E-state index contributed by atoms with van der Waals surface area (Å²) in [7, 11) is 0. The van der Waals surface area contributed by atoms with Crippen LogP contribution in [-0.2, 0) is 6.54 Å². The first kappa shape index (κ1) is 11.3. The lowest BCUT2D eigenvalue weighted by atomic mass is 10.3. The van der Waals surface area contributed by atoms with Crippen LogP contribution >= 0.6 is 0 Å². The molecule has 88 valence electrons. The van der Waals surface area contributed by atoms with E-state index in [-0.39, 0.29) is 5.56 Å². The number of hydrogen-bond donors (Lipinski definition) is 2. The van der Waals surface area contributed by atoms with E-state index in [4.69, 9.17) is 5.84 Å². The van der Waals surface area contributed by atoms with Crippen LogP contribution in [0.1, 0.15) is 11.4 Å². The molecule has 0 aliphatic rings. The van der Waals surface area contributed by atoms with E-state index in [1.165, 1.54) is 10.7 Å². The molecular formula is C11H13N5O. The Hall–Kier alpha value is -2.21. The van der Waals surface area contributed by atoms with E-state index in [1.807, 2.05) is 19.1 Å². The number of pyridine rings is 1. The molecule has 0 unspecified atom stereocenters. The first-order valence-electron chi connectivity index (χ1n) is 5.16. The minimum Gasteiger partial charge on any atom is -0.308 e. The Balaban J connectivity index is 2.31. The zero-order valence-electron chi connectivity index (χ0n) is 9.42. The fourth-order valence-corrected chi connectivity index (χ4v) is 1.47. The van der Waals surface area contributed by atoms with E-state index in [0.29, 0.717) is 12.4 Å². The second kappa shape index (κ2) is 4.75. The van der Waals surface area contributed by atoms with Gasteiger partial charge in [-0.2, -0.15) is 5.10 Å².